The maximum atomic E-state index is 12.3. The first kappa shape index (κ1) is 13.0. The van der Waals surface area contributed by atoms with E-state index in [2.05, 4.69) is 29.6 Å². The fourth-order valence-electron chi connectivity index (χ4n) is 2.80. The second-order valence-corrected chi connectivity index (χ2v) is 5.46. The van der Waals surface area contributed by atoms with Gasteiger partial charge in [-0.2, -0.15) is 0 Å². The van der Waals surface area contributed by atoms with Gasteiger partial charge >= 0.3 is 0 Å². The van der Waals surface area contributed by atoms with Gasteiger partial charge in [0.05, 0.1) is 0 Å². The van der Waals surface area contributed by atoms with Crippen LogP contribution in [-0.2, 0) is 4.79 Å². The van der Waals surface area contributed by atoms with Crippen molar-refractivity contribution in [2.45, 2.75) is 25.8 Å². The summed E-state index contributed by atoms with van der Waals surface area (Å²) < 4.78 is 0. The first-order valence-electron chi connectivity index (χ1n) is 7.28. The maximum absolute atomic E-state index is 12.3. The van der Waals surface area contributed by atoms with E-state index in [1.807, 2.05) is 30.0 Å². The van der Waals surface area contributed by atoms with E-state index in [-0.39, 0.29) is 11.9 Å². The maximum Gasteiger partial charge on any atom is 0.244 e. The molecule has 0 radical (unpaired) electrons. The van der Waals surface area contributed by atoms with E-state index in [0.29, 0.717) is 0 Å². The zero-order valence-electron chi connectivity index (χ0n) is 11.8. The Bertz CT molecular complexity index is 617. The lowest BCUT2D eigenvalue weighted by Crippen LogP contribution is -2.39. The fraction of sp³-hybridized carbons (Fsp3) is 0.353. The smallest absolute Gasteiger partial charge is 0.244 e. The molecule has 0 saturated carbocycles. The van der Waals surface area contributed by atoms with Crippen molar-refractivity contribution in [2.24, 2.45) is 0 Å². The monoisotopic (exact) mass is 268 g/mol. The van der Waals surface area contributed by atoms with Crippen LogP contribution >= 0.6 is 0 Å². The van der Waals surface area contributed by atoms with Crippen molar-refractivity contribution in [3.05, 3.63) is 42.5 Å². The number of hydrogen-bond acceptors (Lipinski definition) is 2. The van der Waals surface area contributed by atoms with Gasteiger partial charge in [-0.25, -0.2) is 0 Å². The van der Waals surface area contributed by atoms with Crippen LogP contribution in [0.15, 0.2) is 42.5 Å². The first-order valence-corrected chi connectivity index (χ1v) is 7.28. The molecule has 1 unspecified atom stereocenters. The van der Waals surface area contributed by atoms with Gasteiger partial charge in [0.2, 0.25) is 5.91 Å². The molecule has 1 saturated heterocycles. The Morgan fingerprint density at radius 3 is 2.55 bits per heavy atom. The van der Waals surface area contributed by atoms with E-state index < -0.39 is 0 Å². The zero-order valence-corrected chi connectivity index (χ0v) is 11.8. The van der Waals surface area contributed by atoms with Gasteiger partial charge in [0.25, 0.3) is 0 Å². The Hall–Kier alpha value is -2.03. The molecule has 1 amide bonds. The van der Waals surface area contributed by atoms with Crippen molar-refractivity contribution in [3.63, 3.8) is 0 Å². The molecule has 2 aromatic carbocycles. The second-order valence-electron chi connectivity index (χ2n) is 5.46. The minimum atomic E-state index is -0.172. The van der Waals surface area contributed by atoms with Gasteiger partial charge in [-0.3, -0.25) is 4.79 Å². The number of anilines is 1. The average Bonchev–Trinajstić information content (AvgIpc) is 3.00. The van der Waals surface area contributed by atoms with Crippen LogP contribution in [0, 0.1) is 0 Å². The summed E-state index contributed by atoms with van der Waals surface area (Å²) in [5.74, 6) is 0.204. The lowest BCUT2D eigenvalue weighted by atomic mass is 10.1. The van der Waals surface area contributed by atoms with E-state index in [1.54, 1.807) is 0 Å². The summed E-state index contributed by atoms with van der Waals surface area (Å²) in [6, 6.07) is 14.3. The summed E-state index contributed by atoms with van der Waals surface area (Å²) in [6.45, 7) is 3.75. The molecule has 0 bridgehead atoms. The molecule has 0 aliphatic carbocycles. The minimum Gasteiger partial charge on any atom is -0.374 e. The topological polar surface area (TPSA) is 32.3 Å². The molecule has 104 valence electrons. The van der Waals surface area contributed by atoms with Crippen LogP contribution in [0.3, 0.4) is 0 Å². The third kappa shape index (κ3) is 2.62. The number of hydrogen-bond donors (Lipinski definition) is 1. The second kappa shape index (κ2) is 5.53. The van der Waals surface area contributed by atoms with Crippen LogP contribution in [0.2, 0.25) is 0 Å². The van der Waals surface area contributed by atoms with Crippen LogP contribution in [0.5, 0.6) is 0 Å². The lowest BCUT2D eigenvalue weighted by Gasteiger charge is -2.22. The van der Waals surface area contributed by atoms with Gasteiger partial charge in [-0.1, -0.05) is 30.3 Å². The van der Waals surface area contributed by atoms with Crippen LogP contribution in [-0.4, -0.2) is 29.9 Å². The molecule has 1 heterocycles. The summed E-state index contributed by atoms with van der Waals surface area (Å²) in [6.07, 6.45) is 2.27. The number of benzene rings is 2. The number of nitrogens with one attached hydrogen (secondary N) is 1. The number of carbonyl (C=O) groups excluding carboxylic acids is 1. The number of amides is 1. The van der Waals surface area contributed by atoms with Gasteiger partial charge in [-0.05, 0) is 42.7 Å². The Morgan fingerprint density at radius 1 is 1.10 bits per heavy atom. The molecule has 20 heavy (non-hydrogen) atoms. The highest BCUT2D eigenvalue weighted by atomic mass is 16.2. The molecule has 3 nitrogen and oxygen atoms in total. The highest BCUT2D eigenvalue weighted by Gasteiger charge is 2.22. The quantitative estimate of drug-likeness (QED) is 0.926. The number of nitrogens with zero attached hydrogens (tertiary/aromatic N) is 1. The molecule has 1 atom stereocenters. The number of fused-ring (bicyclic) bond motifs is 1. The SMILES string of the molecule is CC(Nc1ccc2ccccc2c1)C(=O)N1CCCC1. The normalized spacial score (nSPS) is 16.4. The van der Waals surface area contributed by atoms with Gasteiger partial charge in [-0.15, -0.1) is 0 Å². The Kier molecular flexibility index (Phi) is 3.59. The standard InChI is InChI=1S/C17H20N2O/c1-13(17(20)19-10-4-5-11-19)18-16-9-8-14-6-2-3-7-15(14)12-16/h2-3,6-9,12-13,18H,4-5,10-11H2,1H3. The highest BCUT2D eigenvalue weighted by Crippen LogP contribution is 2.20. The summed E-state index contributed by atoms with van der Waals surface area (Å²) in [5.41, 5.74) is 1.00. The third-order valence-electron chi connectivity index (χ3n) is 3.92. The number of likely N-dealkylation sites (tertiary alicyclic amines) is 1. The van der Waals surface area contributed by atoms with Crippen molar-refractivity contribution >= 4 is 22.4 Å². The first-order chi connectivity index (χ1) is 9.74. The molecule has 1 N–H and O–H groups in total. The van der Waals surface area contributed by atoms with Gasteiger partial charge in [0.15, 0.2) is 0 Å². The van der Waals surface area contributed by atoms with E-state index >= 15 is 0 Å². The predicted octanol–water partition coefficient (Wildman–Crippen LogP) is 3.26. The summed E-state index contributed by atoms with van der Waals surface area (Å²) in [7, 11) is 0. The molecule has 3 rings (SSSR count). The summed E-state index contributed by atoms with van der Waals surface area (Å²) in [4.78, 5) is 14.2. The van der Waals surface area contributed by atoms with Crippen molar-refractivity contribution in [3.8, 4) is 0 Å². The molecule has 1 aliphatic heterocycles. The van der Waals surface area contributed by atoms with Crippen molar-refractivity contribution in [1.82, 2.24) is 4.90 Å². The predicted molar refractivity (Wildman–Crippen MR) is 82.8 cm³/mol. The fourth-order valence-corrected chi connectivity index (χ4v) is 2.80. The minimum absolute atomic E-state index is 0.172. The van der Waals surface area contributed by atoms with Gasteiger partial charge in [0, 0.05) is 18.8 Å². The average molecular weight is 268 g/mol. The van der Waals surface area contributed by atoms with E-state index in [0.717, 1.165) is 31.6 Å². The van der Waals surface area contributed by atoms with Crippen LogP contribution in [0.4, 0.5) is 5.69 Å². The van der Waals surface area contributed by atoms with Crippen LogP contribution in [0.1, 0.15) is 19.8 Å². The molecule has 2 aromatic rings. The molecule has 1 fully saturated rings. The molecule has 1 aliphatic rings. The van der Waals surface area contributed by atoms with Crippen molar-refractivity contribution in [2.75, 3.05) is 18.4 Å². The molecular weight excluding hydrogens is 248 g/mol. The van der Waals surface area contributed by atoms with Gasteiger partial charge in [0.1, 0.15) is 6.04 Å². The third-order valence-corrected chi connectivity index (χ3v) is 3.92. The summed E-state index contributed by atoms with van der Waals surface area (Å²) in [5, 5.41) is 5.73. The molecule has 0 aromatic heterocycles. The molecular formula is C17H20N2O. The molecule has 0 spiro atoms. The van der Waals surface area contributed by atoms with Crippen LogP contribution in [0.25, 0.3) is 10.8 Å². The summed E-state index contributed by atoms with van der Waals surface area (Å²) >= 11 is 0. The highest BCUT2D eigenvalue weighted by molar-refractivity contribution is 5.88. The zero-order chi connectivity index (χ0) is 13.9. The van der Waals surface area contributed by atoms with E-state index in [1.165, 1.54) is 10.8 Å². The van der Waals surface area contributed by atoms with Crippen LogP contribution < -0.4 is 5.32 Å². The van der Waals surface area contributed by atoms with E-state index in [9.17, 15) is 4.79 Å². The largest absolute Gasteiger partial charge is 0.374 e. The van der Waals surface area contributed by atoms with Crippen molar-refractivity contribution in [1.29, 1.82) is 0 Å². The molecule has 3 heteroatoms. The van der Waals surface area contributed by atoms with Gasteiger partial charge < -0.3 is 10.2 Å². The number of rotatable bonds is 3. The Labute approximate surface area is 119 Å². The lowest BCUT2D eigenvalue weighted by molar-refractivity contribution is -0.130. The van der Waals surface area contributed by atoms with Crippen molar-refractivity contribution < 1.29 is 4.79 Å². The number of carbonyl (C=O) groups is 1. The van der Waals surface area contributed by atoms with E-state index in [4.69, 9.17) is 0 Å². The Balaban J connectivity index is 1.73. The Morgan fingerprint density at radius 2 is 1.80 bits per heavy atom.